The molecule has 15 heavy (non-hydrogen) atoms. The van der Waals surface area contributed by atoms with Gasteiger partial charge in [-0.3, -0.25) is 9.59 Å². The summed E-state index contributed by atoms with van der Waals surface area (Å²) in [6.07, 6.45) is 0.660. The second-order valence-electron chi connectivity index (χ2n) is 3.07. The molecule has 1 aromatic carbocycles. The summed E-state index contributed by atoms with van der Waals surface area (Å²) in [6.45, 7) is 3.03. The maximum absolute atomic E-state index is 10.8. The Balaban J connectivity index is 3.25. The van der Waals surface area contributed by atoms with Crippen molar-refractivity contribution in [1.82, 2.24) is 0 Å². The normalized spacial score (nSPS) is 9.53. The van der Waals surface area contributed by atoms with Crippen LogP contribution in [0.5, 0.6) is 11.5 Å². The molecule has 0 amide bonds. The quantitative estimate of drug-likeness (QED) is 0.431. The van der Waals surface area contributed by atoms with Crippen molar-refractivity contribution >= 4 is 12.3 Å². The molecule has 0 aliphatic heterocycles. The number of rotatable bonds is 3. The molecule has 1 rings (SSSR count). The summed E-state index contributed by atoms with van der Waals surface area (Å²) in [7, 11) is 1.51. The van der Waals surface area contributed by atoms with E-state index in [1.807, 2.05) is 0 Å². The fraction of sp³-hybridized carbons (Fsp3) is 0.273. The minimum Gasteiger partial charge on any atom is -0.497 e. The predicted octanol–water partition coefficient (Wildman–Crippen LogP) is 1.74. The Hall–Kier alpha value is -1.84. The number of carbonyl (C=O) groups is 2. The summed E-state index contributed by atoms with van der Waals surface area (Å²) in [6, 6.07) is 3.22. The monoisotopic (exact) mass is 208 g/mol. The van der Waals surface area contributed by atoms with E-state index in [4.69, 9.17) is 9.47 Å². The molecule has 4 nitrogen and oxygen atoms in total. The van der Waals surface area contributed by atoms with Gasteiger partial charge in [0.1, 0.15) is 11.5 Å². The lowest BCUT2D eigenvalue weighted by Gasteiger charge is -2.09. The van der Waals surface area contributed by atoms with Gasteiger partial charge in [0, 0.05) is 13.0 Å². The van der Waals surface area contributed by atoms with Crippen LogP contribution in [0.15, 0.2) is 12.1 Å². The predicted molar refractivity (Wildman–Crippen MR) is 54.4 cm³/mol. The van der Waals surface area contributed by atoms with E-state index in [0.29, 0.717) is 23.2 Å². The van der Waals surface area contributed by atoms with Gasteiger partial charge in [0.15, 0.2) is 6.29 Å². The second kappa shape index (κ2) is 4.59. The number of ether oxygens (including phenoxy) is 2. The third-order valence-electron chi connectivity index (χ3n) is 1.93. The van der Waals surface area contributed by atoms with Crippen LogP contribution in [0.1, 0.15) is 22.8 Å². The summed E-state index contributed by atoms with van der Waals surface area (Å²) in [4.78, 5) is 21.6. The molecular formula is C11H12O4. The van der Waals surface area contributed by atoms with Crippen molar-refractivity contribution in [3.8, 4) is 11.5 Å². The zero-order chi connectivity index (χ0) is 11.4. The van der Waals surface area contributed by atoms with Gasteiger partial charge in [-0.2, -0.15) is 0 Å². The van der Waals surface area contributed by atoms with E-state index in [1.54, 1.807) is 13.0 Å². The zero-order valence-electron chi connectivity index (χ0n) is 8.87. The smallest absolute Gasteiger partial charge is 0.308 e. The summed E-state index contributed by atoms with van der Waals surface area (Å²) in [5.74, 6) is 0.314. The van der Waals surface area contributed by atoms with Crippen LogP contribution in [0.2, 0.25) is 0 Å². The molecule has 0 aromatic heterocycles. The molecule has 0 radical (unpaired) electrons. The van der Waals surface area contributed by atoms with Gasteiger partial charge in [-0.05, 0) is 18.6 Å². The minimum atomic E-state index is -0.467. The molecule has 0 N–H and O–H groups in total. The second-order valence-corrected chi connectivity index (χ2v) is 3.07. The average molecular weight is 208 g/mol. The van der Waals surface area contributed by atoms with Crippen LogP contribution in [0.3, 0.4) is 0 Å². The largest absolute Gasteiger partial charge is 0.497 e. The molecule has 0 atom stereocenters. The maximum atomic E-state index is 10.8. The average Bonchev–Trinajstić information content (AvgIpc) is 2.16. The van der Waals surface area contributed by atoms with Gasteiger partial charge >= 0.3 is 5.97 Å². The van der Waals surface area contributed by atoms with Crippen molar-refractivity contribution < 1.29 is 19.1 Å². The Morgan fingerprint density at radius 3 is 2.53 bits per heavy atom. The lowest BCUT2D eigenvalue weighted by Crippen LogP contribution is -2.05. The van der Waals surface area contributed by atoms with Gasteiger partial charge in [-0.1, -0.05) is 0 Å². The van der Waals surface area contributed by atoms with E-state index in [0.717, 1.165) is 0 Å². The van der Waals surface area contributed by atoms with Gasteiger partial charge < -0.3 is 9.47 Å². The van der Waals surface area contributed by atoms with E-state index in [-0.39, 0.29) is 5.75 Å². The van der Waals surface area contributed by atoms with Gasteiger partial charge in [0.05, 0.1) is 12.7 Å². The summed E-state index contributed by atoms with van der Waals surface area (Å²) in [5.41, 5.74) is 1.08. The van der Waals surface area contributed by atoms with Crippen molar-refractivity contribution in [2.75, 3.05) is 7.11 Å². The van der Waals surface area contributed by atoms with Crippen LogP contribution >= 0.6 is 0 Å². The lowest BCUT2D eigenvalue weighted by molar-refractivity contribution is -0.131. The minimum absolute atomic E-state index is 0.231. The van der Waals surface area contributed by atoms with Crippen molar-refractivity contribution in [3.05, 3.63) is 23.3 Å². The fourth-order valence-corrected chi connectivity index (χ4v) is 1.24. The molecule has 0 bridgehead atoms. The molecule has 0 fully saturated rings. The Morgan fingerprint density at radius 1 is 1.40 bits per heavy atom. The van der Waals surface area contributed by atoms with E-state index < -0.39 is 5.97 Å². The van der Waals surface area contributed by atoms with Gasteiger partial charge in [0.25, 0.3) is 0 Å². The molecule has 0 saturated heterocycles. The number of benzene rings is 1. The van der Waals surface area contributed by atoms with Gasteiger partial charge in [0.2, 0.25) is 0 Å². The molecule has 0 heterocycles. The maximum Gasteiger partial charge on any atom is 0.308 e. The number of carbonyl (C=O) groups excluding carboxylic acids is 2. The van der Waals surface area contributed by atoms with Crippen LogP contribution < -0.4 is 9.47 Å². The zero-order valence-corrected chi connectivity index (χ0v) is 8.87. The number of hydrogen-bond acceptors (Lipinski definition) is 4. The van der Waals surface area contributed by atoms with E-state index in [9.17, 15) is 9.59 Å². The topological polar surface area (TPSA) is 52.6 Å². The Labute approximate surface area is 87.8 Å². The standard InChI is InChI=1S/C11H12O4/c1-7-4-9(14-3)5-11(10(7)6-12)15-8(2)13/h4-6H,1-3H3. The third-order valence-corrected chi connectivity index (χ3v) is 1.93. The molecule has 0 aliphatic carbocycles. The van der Waals surface area contributed by atoms with Crippen LogP contribution in [0.25, 0.3) is 0 Å². The molecule has 80 valence electrons. The Morgan fingerprint density at radius 2 is 2.07 bits per heavy atom. The number of methoxy groups -OCH3 is 1. The molecule has 0 spiro atoms. The highest BCUT2D eigenvalue weighted by Gasteiger charge is 2.10. The Bertz CT molecular complexity index is 396. The van der Waals surface area contributed by atoms with Crippen molar-refractivity contribution in [3.63, 3.8) is 0 Å². The molecule has 0 saturated carbocycles. The first-order chi connectivity index (χ1) is 7.08. The van der Waals surface area contributed by atoms with Crippen molar-refractivity contribution in [1.29, 1.82) is 0 Å². The molecule has 0 unspecified atom stereocenters. The van der Waals surface area contributed by atoms with E-state index in [2.05, 4.69) is 0 Å². The first-order valence-corrected chi connectivity index (χ1v) is 4.40. The van der Waals surface area contributed by atoms with Gasteiger partial charge in [-0.15, -0.1) is 0 Å². The van der Waals surface area contributed by atoms with Crippen molar-refractivity contribution in [2.45, 2.75) is 13.8 Å². The van der Waals surface area contributed by atoms with E-state index in [1.165, 1.54) is 20.1 Å². The highest BCUT2D eigenvalue weighted by Crippen LogP contribution is 2.27. The SMILES string of the molecule is COc1cc(C)c(C=O)c(OC(C)=O)c1. The van der Waals surface area contributed by atoms with Crippen LogP contribution in [-0.2, 0) is 4.79 Å². The lowest BCUT2D eigenvalue weighted by atomic mass is 10.1. The highest BCUT2D eigenvalue weighted by atomic mass is 16.5. The highest BCUT2D eigenvalue weighted by molar-refractivity contribution is 5.84. The molecular weight excluding hydrogens is 196 g/mol. The van der Waals surface area contributed by atoms with Crippen LogP contribution in [0, 0.1) is 6.92 Å². The third kappa shape index (κ3) is 2.56. The molecule has 1 aromatic rings. The fourth-order valence-electron chi connectivity index (χ4n) is 1.24. The van der Waals surface area contributed by atoms with E-state index >= 15 is 0 Å². The first kappa shape index (κ1) is 11.2. The number of esters is 1. The summed E-state index contributed by atoms with van der Waals surface area (Å²) >= 11 is 0. The van der Waals surface area contributed by atoms with Gasteiger partial charge in [-0.25, -0.2) is 0 Å². The summed E-state index contributed by atoms with van der Waals surface area (Å²) < 4.78 is 9.92. The number of aryl methyl sites for hydroxylation is 1. The number of aldehydes is 1. The van der Waals surface area contributed by atoms with Crippen molar-refractivity contribution in [2.24, 2.45) is 0 Å². The summed E-state index contributed by atoms with van der Waals surface area (Å²) in [5, 5.41) is 0. The van der Waals surface area contributed by atoms with Crippen LogP contribution in [-0.4, -0.2) is 19.4 Å². The number of hydrogen-bond donors (Lipinski definition) is 0. The first-order valence-electron chi connectivity index (χ1n) is 4.40. The molecule has 0 aliphatic rings. The Kier molecular flexibility index (Phi) is 3.44. The molecule has 4 heteroatoms. The van der Waals surface area contributed by atoms with Crippen LogP contribution in [0.4, 0.5) is 0 Å².